The van der Waals surface area contributed by atoms with Crippen LogP contribution in [0.1, 0.15) is 20.3 Å². The van der Waals surface area contributed by atoms with Gasteiger partial charge >= 0.3 is 23.1 Å². The van der Waals surface area contributed by atoms with Crippen molar-refractivity contribution in [3.05, 3.63) is 0 Å². The van der Waals surface area contributed by atoms with Crippen LogP contribution in [0.3, 0.4) is 0 Å². The first-order chi connectivity index (χ1) is 1.41. The van der Waals surface area contributed by atoms with Crippen LogP contribution < -0.4 is 0 Å². The molecule has 0 aliphatic heterocycles. The third kappa shape index (κ3) is 55.7. The molecule has 0 aromatic carbocycles. The maximum Gasteiger partial charge on any atom is 0.316 e. The standard InChI is InChI=1S/C3H8.2ClH.Mg.2H/c1-3-2;;;;;/h3H2,1-2H3;2*1H;;;. The van der Waals surface area contributed by atoms with Crippen molar-refractivity contribution in [3.63, 3.8) is 0 Å². The van der Waals surface area contributed by atoms with Crippen LogP contribution in [0.15, 0.2) is 0 Å². The normalized spacial score (nSPS) is 3.00. The van der Waals surface area contributed by atoms with Gasteiger partial charge < -0.3 is 0 Å². The fourth-order valence-electron chi connectivity index (χ4n) is 0. The molecule has 0 aromatic rings. The Kier molecular flexibility index (Phi) is 145. The van der Waals surface area contributed by atoms with Gasteiger partial charge in [0.15, 0.2) is 0 Å². The molecule has 0 nitrogen and oxygen atoms in total. The van der Waals surface area contributed by atoms with E-state index in [2.05, 4.69) is 13.8 Å². The summed E-state index contributed by atoms with van der Waals surface area (Å²) in [5.74, 6) is 0. The molecule has 40 valence electrons. The van der Waals surface area contributed by atoms with E-state index in [0.717, 1.165) is 0 Å². The van der Waals surface area contributed by atoms with Gasteiger partial charge in [-0.05, 0) is 0 Å². The maximum atomic E-state index is 2.12. The Labute approximate surface area is 68.0 Å². The van der Waals surface area contributed by atoms with E-state index >= 15 is 0 Å². The van der Waals surface area contributed by atoms with Crippen LogP contribution in [0.5, 0.6) is 0 Å². The van der Waals surface area contributed by atoms with E-state index in [9.17, 15) is 0 Å². The minimum Gasteiger partial charge on any atom is -0.147 e. The number of hydrogen-bond acceptors (Lipinski definition) is 0. The van der Waals surface area contributed by atoms with Crippen LogP contribution in [-0.2, 0) is 0 Å². The molecule has 0 rings (SSSR count). The molecule has 0 heterocycles. The van der Waals surface area contributed by atoms with Gasteiger partial charge in [0.2, 0.25) is 0 Å². The van der Waals surface area contributed by atoms with Crippen LogP contribution in [0.25, 0.3) is 0 Å². The van der Waals surface area contributed by atoms with Gasteiger partial charge in [0.05, 0.1) is 0 Å². The van der Waals surface area contributed by atoms with Gasteiger partial charge in [0.25, 0.3) is 0 Å². The zero-order chi connectivity index (χ0) is 2.71. The van der Waals surface area contributed by atoms with Crippen LogP contribution in [0.2, 0.25) is 0 Å². The van der Waals surface area contributed by atoms with E-state index in [1.165, 1.54) is 6.42 Å². The summed E-state index contributed by atoms with van der Waals surface area (Å²) in [6.45, 7) is 4.25. The molecule has 0 saturated heterocycles. The minimum atomic E-state index is 0. The van der Waals surface area contributed by atoms with Crippen LogP contribution in [0.4, 0.5) is 0 Å². The molecular weight excluding hydrogens is 131 g/mol. The van der Waals surface area contributed by atoms with Crippen LogP contribution in [-0.4, -0.2) is 23.1 Å². The average Bonchev–Trinajstić information content (AvgIpc) is 0.918. The second-order valence-corrected chi connectivity index (χ2v) is 0.707. The lowest BCUT2D eigenvalue weighted by atomic mass is 10.6. The molecule has 0 radical (unpaired) electrons. The summed E-state index contributed by atoms with van der Waals surface area (Å²) in [5.41, 5.74) is 0. The molecule has 0 aliphatic carbocycles. The number of rotatable bonds is 0. The van der Waals surface area contributed by atoms with Gasteiger partial charge in [-0.3, -0.25) is 0 Å². The topological polar surface area (TPSA) is 0 Å². The average molecular weight is 143 g/mol. The Balaban J connectivity index is -0.00000000667. The molecule has 0 unspecified atom stereocenters. The summed E-state index contributed by atoms with van der Waals surface area (Å²) in [4.78, 5) is 0. The fourth-order valence-corrected chi connectivity index (χ4v) is 0. The first kappa shape index (κ1) is 26.4. The molecular formula is C3H12Cl2Mg. The van der Waals surface area contributed by atoms with Crippen molar-refractivity contribution in [1.29, 1.82) is 0 Å². The molecule has 0 amide bonds. The quantitative estimate of drug-likeness (QED) is 0.449. The number of hydrogen-bond donors (Lipinski definition) is 0. The minimum absolute atomic E-state index is 0. The molecule has 0 aromatic heterocycles. The van der Waals surface area contributed by atoms with E-state index < -0.39 is 0 Å². The van der Waals surface area contributed by atoms with Crippen molar-refractivity contribution in [2.45, 2.75) is 20.3 Å². The maximum absolute atomic E-state index is 2.12. The zero-order valence-corrected chi connectivity index (χ0v) is 5.16. The van der Waals surface area contributed by atoms with Crippen molar-refractivity contribution < 1.29 is 0 Å². The summed E-state index contributed by atoms with van der Waals surface area (Å²) < 4.78 is 0. The second kappa shape index (κ2) is 33.0. The van der Waals surface area contributed by atoms with E-state index in [1.807, 2.05) is 0 Å². The van der Waals surface area contributed by atoms with Crippen LogP contribution in [0, 0.1) is 0 Å². The lowest BCUT2D eigenvalue weighted by Gasteiger charge is -1.48. The lowest BCUT2D eigenvalue weighted by molar-refractivity contribution is 1.09. The second-order valence-electron chi connectivity index (χ2n) is 0.707. The first-order valence-electron chi connectivity index (χ1n) is 1.41. The lowest BCUT2D eigenvalue weighted by Crippen LogP contribution is -1.27. The first-order valence-corrected chi connectivity index (χ1v) is 1.41. The molecule has 0 atom stereocenters. The Hall–Kier alpha value is 1.35. The summed E-state index contributed by atoms with van der Waals surface area (Å²) in [6, 6.07) is 0. The van der Waals surface area contributed by atoms with Gasteiger partial charge in [0.1, 0.15) is 0 Å². The smallest absolute Gasteiger partial charge is 0.147 e. The zero-order valence-electron chi connectivity index (χ0n) is 3.52. The molecule has 0 spiro atoms. The summed E-state index contributed by atoms with van der Waals surface area (Å²) >= 11 is 0. The van der Waals surface area contributed by atoms with Crippen LogP contribution >= 0.6 is 24.8 Å². The summed E-state index contributed by atoms with van der Waals surface area (Å²) in [5, 5.41) is 0. The van der Waals surface area contributed by atoms with E-state index in [4.69, 9.17) is 0 Å². The molecule has 0 N–H and O–H groups in total. The third-order valence-corrected chi connectivity index (χ3v) is 0. The highest BCUT2D eigenvalue weighted by atomic mass is 35.5. The predicted octanol–water partition coefficient (Wildman–Crippen LogP) is 1.34. The van der Waals surface area contributed by atoms with Crippen molar-refractivity contribution in [3.8, 4) is 0 Å². The Morgan fingerprint density at radius 1 is 1.00 bits per heavy atom. The Morgan fingerprint density at radius 3 is 1.00 bits per heavy atom. The van der Waals surface area contributed by atoms with Crippen molar-refractivity contribution in [2.75, 3.05) is 0 Å². The Bertz CT molecular complexity index is 8.75. The number of halogens is 2. The van der Waals surface area contributed by atoms with E-state index in [0.29, 0.717) is 0 Å². The van der Waals surface area contributed by atoms with Gasteiger partial charge in [-0.2, -0.15) is 0 Å². The van der Waals surface area contributed by atoms with E-state index in [-0.39, 0.29) is 47.9 Å². The summed E-state index contributed by atoms with van der Waals surface area (Å²) in [6.07, 6.45) is 1.25. The molecule has 0 saturated carbocycles. The SMILES string of the molecule is CCC.Cl.Cl.[MgH2]. The fraction of sp³-hybridized carbons (Fsp3) is 1.00. The predicted molar refractivity (Wildman–Crippen MR) is 39.0 cm³/mol. The van der Waals surface area contributed by atoms with Gasteiger partial charge in [-0.25, -0.2) is 0 Å². The highest BCUT2D eigenvalue weighted by molar-refractivity contribution is 5.85. The van der Waals surface area contributed by atoms with Gasteiger partial charge in [-0.1, -0.05) is 20.3 Å². The third-order valence-electron chi connectivity index (χ3n) is 0. The van der Waals surface area contributed by atoms with Gasteiger partial charge in [-0.15, -0.1) is 24.8 Å². The van der Waals surface area contributed by atoms with Crippen molar-refractivity contribution in [1.82, 2.24) is 0 Å². The monoisotopic (exact) mass is 142 g/mol. The van der Waals surface area contributed by atoms with Crippen molar-refractivity contribution >= 4 is 47.9 Å². The van der Waals surface area contributed by atoms with Crippen molar-refractivity contribution in [2.24, 2.45) is 0 Å². The molecule has 0 bridgehead atoms. The molecule has 6 heavy (non-hydrogen) atoms. The molecule has 0 fully saturated rings. The molecule has 0 aliphatic rings. The highest BCUT2D eigenvalue weighted by Crippen LogP contribution is 1.56. The summed E-state index contributed by atoms with van der Waals surface area (Å²) in [7, 11) is 0. The highest BCUT2D eigenvalue weighted by Gasteiger charge is 1.35. The largest absolute Gasteiger partial charge is 0.316 e. The Morgan fingerprint density at radius 2 is 1.00 bits per heavy atom. The van der Waals surface area contributed by atoms with Gasteiger partial charge in [0, 0.05) is 0 Å². The van der Waals surface area contributed by atoms with E-state index in [1.54, 1.807) is 0 Å². The molecule has 3 heteroatoms.